The number of rotatable bonds is 7. The Labute approximate surface area is 162 Å². The van der Waals surface area contributed by atoms with Crippen LogP contribution in [0.15, 0.2) is 0 Å². The normalized spacial score (nSPS) is 25.9. The average Bonchev–Trinajstić information content (AvgIpc) is 3.17. The molecule has 10 nitrogen and oxygen atoms in total. The van der Waals surface area contributed by atoms with Gasteiger partial charge in [0, 0.05) is 29.2 Å². The summed E-state index contributed by atoms with van der Waals surface area (Å²) >= 11 is 0. The van der Waals surface area contributed by atoms with Crippen LogP contribution in [0.1, 0.15) is 52.4 Å². The molecule has 0 radical (unpaired) electrons. The van der Waals surface area contributed by atoms with Crippen LogP contribution in [-0.2, 0) is 19.1 Å². The zero-order chi connectivity index (χ0) is 20.8. The van der Waals surface area contributed by atoms with Crippen LogP contribution in [0.5, 0.6) is 0 Å². The van der Waals surface area contributed by atoms with Crippen LogP contribution >= 0.6 is 0 Å². The number of ether oxygens (including phenoxy) is 1. The van der Waals surface area contributed by atoms with E-state index in [-0.39, 0.29) is 37.1 Å². The van der Waals surface area contributed by atoms with E-state index in [0.29, 0.717) is 0 Å². The van der Waals surface area contributed by atoms with Gasteiger partial charge in [0.25, 0.3) is 5.91 Å². The Morgan fingerprint density at radius 3 is 2.54 bits per heavy atom. The maximum atomic E-state index is 12.1. The van der Waals surface area contributed by atoms with Gasteiger partial charge in [0.2, 0.25) is 6.54 Å². The maximum absolute atomic E-state index is 12.1. The number of urea groups is 1. The van der Waals surface area contributed by atoms with Gasteiger partial charge in [0.05, 0.1) is 6.42 Å². The molecule has 4 atom stereocenters. The van der Waals surface area contributed by atoms with Crippen molar-refractivity contribution in [2.75, 3.05) is 6.54 Å². The number of hydrogen-bond donors (Lipinski definition) is 2. The van der Waals surface area contributed by atoms with Crippen molar-refractivity contribution in [3.63, 3.8) is 0 Å². The van der Waals surface area contributed by atoms with Gasteiger partial charge in [-0.05, 0) is 25.7 Å². The number of carbonyl (C=O) groups excluding carboxylic acids is 4. The molecule has 0 saturated heterocycles. The van der Waals surface area contributed by atoms with Gasteiger partial charge in [-0.15, -0.1) is 0 Å². The Hall–Kier alpha value is -2.52. The number of nitrogens with zero attached hydrogens (tertiary/aromatic N) is 1. The summed E-state index contributed by atoms with van der Waals surface area (Å²) in [5.74, 6) is -3.26. The molecule has 0 unspecified atom stereocenters. The summed E-state index contributed by atoms with van der Waals surface area (Å²) in [6, 6.07) is -0.592. The summed E-state index contributed by atoms with van der Waals surface area (Å²) in [6.45, 7) is 2.68. The first-order chi connectivity index (χ1) is 13.2. The monoisotopic (exact) mass is 397 g/mol. The largest absolute Gasteiger partial charge is 0.453 e. The van der Waals surface area contributed by atoms with Gasteiger partial charge in [-0.2, -0.15) is 0 Å². The highest BCUT2D eigenvalue weighted by Crippen LogP contribution is 2.36. The Kier molecular flexibility index (Phi) is 7.47. The van der Waals surface area contributed by atoms with E-state index in [2.05, 4.69) is 10.6 Å². The number of carbonyl (C=O) groups is 4. The second-order valence-corrected chi connectivity index (χ2v) is 7.71. The molecule has 2 aliphatic carbocycles. The van der Waals surface area contributed by atoms with Crippen molar-refractivity contribution in [3.05, 3.63) is 10.1 Å². The van der Waals surface area contributed by atoms with Crippen molar-refractivity contribution in [1.29, 1.82) is 0 Å². The fourth-order valence-electron chi connectivity index (χ4n) is 3.98. The van der Waals surface area contributed by atoms with Crippen molar-refractivity contribution >= 4 is 23.7 Å². The van der Waals surface area contributed by atoms with E-state index >= 15 is 0 Å². The SMILES string of the molecule is C[C@H](OC(=O)C[C@H]1C(=O)C[C@H](C)[C@H]1C[N+](=O)[O-])C(=O)NC(=O)NC1CCCC1. The summed E-state index contributed by atoms with van der Waals surface area (Å²) in [5, 5.41) is 15.6. The fourth-order valence-corrected chi connectivity index (χ4v) is 3.98. The van der Waals surface area contributed by atoms with Crippen molar-refractivity contribution < 1.29 is 28.8 Å². The van der Waals surface area contributed by atoms with Gasteiger partial charge in [0.1, 0.15) is 5.78 Å². The van der Waals surface area contributed by atoms with E-state index in [1.54, 1.807) is 6.92 Å². The number of imide groups is 1. The summed E-state index contributed by atoms with van der Waals surface area (Å²) in [4.78, 5) is 58.4. The first-order valence-electron chi connectivity index (χ1n) is 9.62. The zero-order valence-corrected chi connectivity index (χ0v) is 16.1. The van der Waals surface area contributed by atoms with Crippen LogP contribution in [0.2, 0.25) is 0 Å². The number of esters is 1. The van der Waals surface area contributed by atoms with E-state index < -0.39 is 40.8 Å². The summed E-state index contributed by atoms with van der Waals surface area (Å²) in [6.07, 6.45) is 2.45. The third-order valence-electron chi connectivity index (χ3n) is 5.54. The van der Waals surface area contributed by atoms with Crippen LogP contribution in [0, 0.1) is 27.9 Å². The number of amides is 3. The lowest BCUT2D eigenvalue weighted by Crippen LogP contribution is -2.47. The van der Waals surface area contributed by atoms with Crippen LogP contribution in [0.4, 0.5) is 4.79 Å². The highest BCUT2D eigenvalue weighted by atomic mass is 16.6. The molecule has 0 aromatic rings. The maximum Gasteiger partial charge on any atom is 0.321 e. The lowest BCUT2D eigenvalue weighted by atomic mass is 9.88. The molecule has 0 heterocycles. The first-order valence-corrected chi connectivity index (χ1v) is 9.62. The highest BCUT2D eigenvalue weighted by Gasteiger charge is 2.44. The number of Topliss-reactive ketones (excluding diaryl/α,β-unsaturated/α-hetero) is 1. The molecule has 2 rings (SSSR count). The standard InChI is InChI=1S/C18H27N3O7/c1-10-7-15(22)13(14(10)9-21(26)27)8-16(23)28-11(2)17(24)20-18(25)19-12-5-3-4-6-12/h10-14H,3-9H2,1-2H3,(H2,19,20,24,25)/t10-,11-,13+,14+/m0/s1. The predicted molar refractivity (Wildman–Crippen MR) is 96.7 cm³/mol. The van der Waals surface area contributed by atoms with Gasteiger partial charge in [-0.25, -0.2) is 4.79 Å². The Balaban J connectivity index is 1.81. The molecule has 0 aliphatic heterocycles. The molecular weight excluding hydrogens is 370 g/mol. The smallest absolute Gasteiger partial charge is 0.321 e. The number of nitro groups is 1. The van der Waals surface area contributed by atoms with Crippen LogP contribution in [0.3, 0.4) is 0 Å². The molecule has 10 heteroatoms. The Morgan fingerprint density at radius 1 is 1.29 bits per heavy atom. The molecule has 2 saturated carbocycles. The number of hydrogen-bond acceptors (Lipinski definition) is 7. The van der Waals surface area contributed by atoms with Crippen molar-refractivity contribution in [3.8, 4) is 0 Å². The Morgan fingerprint density at radius 2 is 1.93 bits per heavy atom. The third kappa shape index (κ3) is 6.00. The molecule has 0 aromatic carbocycles. The minimum Gasteiger partial charge on any atom is -0.453 e. The highest BCUT2D eigenvalue weighted by molar-refractivity contribution is 5.97. The van der Waals surface area contributed by atoms with Crippen LogP contribution in [0.25, 0.3) is 0 Å². The van der Waals surface area contributed by atoms with Crippen LogP contribution < -0.4 is 10.6 Å². The van der Waals surface area contributed by atoms with E-state index in [1.165, 1.54) is 6.92 Å². The summed E-state index contributed by atoms with van der Waals surface area (Å²) in [7, 11) is 0. The third-order valence-corrected chi connectivity index (χ3v) is 5.54. The molecular formula is C18H27N3O7. The topological polar surface area (TPSA) is 145 Å². The summed E-state index contributed by atoms with van der Waals surface area (Å²) < 4.78 is 5.03. The van der Waals surface area contributed by atoms with E-state index in [0.717, 1.165) is 25.7 Å². The number of nitrogens with one attached hydrogen (secondary N) is 2. The van der Waals surface area contributed by atoms with Gasteiger partial charge in [-0.3, -0.25) is 29.8 Å². The van der Waals surface area contributed by atoms with Gasteiger partial charge in [-0.1, -0.05) is 19.8 Å². The molecule has 3 amide bonds. The van der Waals surface area contributed by atoms with Gasteiger partial charge >= 0.3 is 12.0 Å². The minimum absolute atomic E-state index is 0.0413. The lowest BCUT2D eigenvalue weighted by molar-refractivity contribution is -0.490. The van der Waals surface area contributed by atoms with E-state index in [1.807, 2.05) is 0 Å². The number of ketones is 1. The molecule has 2 fully saturated rings. The van der Waals surface area contributed by atoms with Gasteiger partial charge in [0.15, 0.2) is 6.10 Å². The van der Waals surface area contributed by atoms with Crippen LogP contribution in [-0.4, -0.2) is 47.3 Å². The second kappa shape index (κ2) is 9.61. The van der Waals surface area contributed by atoms with Gasteiger partial charge < -0.3 is 10.1 Å². The lowest BCUT2D eigenvalue weighted by Gasteiger charge is -2.19. The van der Waals surface area contributed by atoms with Crippen molar-refractivity contribution in [2.24, 2.45) is 17.8 Å². The second-order valence-electron chi connectivity index (χ2n) is 7.71. The predicted octanol–water partition coefficient (Wildman–Crippen LogP) is 1.19. The van der Waals surface area contributed by atoms with Crippen molar-refractivity contribution in [2.45, 2.75) is 64.5 Å². The molecule has 2 aliphatic rings. The average molecular weight is 397 g/mol. The molecule has 2 N–H and O–H groups in total. The quantitative estimate of drug-likeness (QED) is 0.373. The first kappa shape index (κ1) is 21.8. The molecule has 0 bridgehead atoms. The van der Waals surface area contributed by atoms with Crippen molar-refractivity contribution in [1.82, 2.24) is 10.6 Å². The van der Waals surface area contributed by atoms with E-state index in [4.69, 9.17) is 4.74 Å². The zero-order valence-electron chi connectivity index (χ0n) is 16.1. The molecule has 0 spiro atoms. The molecule has 28 heavy (non-hydrogen) atoms. The summed E-state index contributed by atoms with van der Waals surface area (Å²) in [5.41, 5.74) is 0. The minimum atomic E-state index is -1.22. The molecule has 0 aromatic heterocycles. The Bertz CT molecular complexity index is 645. The van der Waals surface area contributed by atoms with E-state index in [9.17, 15) is 29.3 Å². The fraction of sp³-hybridized carbons (Fsp3) is 0.778. The molecule has 156 valence electrons.